The first-order chi connectivity index (χ1) is 9.54. The number of carboxylic acids is 1. The SMILES string of the molecule is Nc1nc2cc(C(=O)O)c(-c3ccc(O)cc3)cn2n1. The number of phenols is 1. The molecule has 4 N–H and O–H groups in total. The van der Waals surface area contributed by atoms with Gasteiger partial charge < -0.3 is 15.9 Å². The first-order valence-corrected chi connectivity index (χ1v) is 5.73. The van der Waals surface area contributed by atoms with Gasteiger partial charge in [0, 0.05) is 11.8 Å². The molecule has 3 rings (SSSR count). The van der Waals surface area contributed by atoms with Crippen LogP contribution in [0, 0.1) is 0 Å². The number of pyridine rings is 1. The quantitative estimate of drug-likeness (QED) is 0.648. The number of nitrogen functional groups attached to an aromatic ring is 1. The molecule has 0 spiro atoms. The minimum atomic E-state index is -1.07. The van der Waals surface area contributed by atoms with Crippen LogP contribution in [0.25, 0.3) is 16.8 Å². The number of phenolic OH excluding ortho intramolecular Hbond substituents is 1. The highest BCUT2D eigenvalue weighted by Crippen LogP contribution is 2.26. The van der Waals surface area contributed by atoms with Crippen molar-refractivity contribution in [2.75, 3.05) is 5.73 Å². The molecule has 3 aromatic rings. The third kappa shape index (κ3) is 1.91. The van der Waals surface area contributed by atoms with Crippen molar-refractivity contribution >= 4 is 17.6 Å². The Bertz CT molecular complexity index is 808. The Kier molecular flexibility index (Phi) is 2.53. The molecule has 2 heterocycles. The number of carbonyl (C=O) groups is 1. The van der Waals surface area contributed by atoms with Crippen LogP contribution in [0.3, 0.4) is 0 Å². The summed E-state index contributed by atoms with van der Waals surface area (Å²) < 4.78 is 1.42. The molecule has 0 aliphatic rings. The highest BCUT2D eigenvalue weighted by molar-refractivity contribution is 5.97. The number of rotatable bonds is 2. The lowest BCUT2D eigenvalue weighted by molar-refractivity contribution is 0.0697. The van der Waals surface area contributed by atoms with E-state index >= 15 is 0 Å². The maximum atomic E-state index is 11.4. The van der Waals surface area contributed by atoms with Crippen LogP contribution in [-0.2, 0) is 0 Å². The summed E-state index contributed by atoms with van der Waals surface area (Å²) in [5, 5.41) is 22.6. The number of aromatic hydroxyl groups is 1. The topological polar surface area (TPSA) is 114 Å². The number of fused-ring (bicyclic) bond motifs is 1. The van der Waals surface area contributed by atoms with E-state index in [0.29, 0.717) is 16.8 Å². The lowest BCUT2D eigenvalue weighted by Crippen LogP contribution is -2.02. The molecule has 1 aromatic carbocycles. The number of aromatic carboxylic acids is 1. The molecule has 0 saturated heterocycles. The van der Waals surface area contributed by atoms with Gasteiger partial charge >= 0.3 is 5.97 Å². The molecule has 0 fully saturated rings. The lowest BCUT2D eigenvalue weighted by atomic mass is 10.0. The second kappa shape index (κ2) is 4.23. The van der Waals surface area contributed by atoms with E-state index in [1.807, 2.05) is 0 Å². The second-order valence-electron chi connectivity index (χ2n) is 4.23. The molecule has 2 aromatic heterocycles. The standard InChI is InChI=1S/C13H10N4O3/c14-13-15-11-5-9(12(19)20)10(6-17(11)16-13)7-1-3-8(18)4-2-7/h1-6,18H,(H2,14,16)(H,19,20). The summed E-state index contributed by atoms with van der Waals surface area (Å²) in [6.45, 7) is 0. The molecule has 100 valence electrons. The highest BCUT2D eigenvalue weighted by Gasteiger charge is 2.15. The molecule has 0 saturated carbocycles. The summed E-state index contributed by atoms with van der Waals surface area (Å²) in [7, 11) is 0. The van der Waals surface area contributed by atoms with E-state index in [1.54, 1.807) is 18.3 Å². The highest BCUT2D eigenvalue weighted by atomic mass is 16.4. The van der Waals surface area contributed by atoms with E-state index in [9.17, 15) is 15.0 Å². The van der Waals surface area contributed by atoms with Crippen LogP contribution in [0.1, 0.15) is 10.4 Å². The fourth-order valence-corrected chi connectivity index (χ4v) is 1.99. The van der Waals surface area contributed by atoms with Crippen molar-refractivity contribution in [3.63, 3.8) is 0 Å². The Labute approximate surface area is 112 Å². The van der Waals surface area contributed by atoms with Gasteiger partial charge in [-0.25, -0.2) is 9.31 Å². The summed E-state index contributed by atoms with van der Waals surface area (Å²) in [5.74, 6) is -0.891. The largest absolute Gasteiger partial charge is 0.508 e. The molecule has 0 radical (unpaired) electrons. The minimum absolute atomic E-state index is 0.0733. The van der Waals surface area contributed by atoms with Crippen LogP contribution in [0.15, 0.2) is 36.5 Å². The zero-order valence-corrected chi connectivity index (χ0v) is 10.2. The summed E-state index contributed by atoms with van der Waals surface area (Å²) in [6, 6.07) is 7.64. The molecule has 0 amide bonds. The fraction of sp³-hybridized carbons (Fsp3) is 0. The van der Waals surface area contributed by atoms with E-state index in [1.165, 1.54) is 22.7 Å². The van der Waals surface area contributed by atoms with Gasteiger partial charge in [-0.05, 0) is 23.8 Å². The van der Waals surface area contributed by atoms with Crippen molar-refractivity contribution in [2.24, 2.45) is 0 Å². The summed E-state index contributed by atoms with van der Waals surface area (Å²) >= 11 is 0. The normalized spacial score (nSPS) is 10.8. The van der Waals surface area contributed by atoms with Crippen molar-refractivity contribution in [3.8, 4) is 16.9 Å². The van der Waals surface area contributed by atoms with Gasteiger partial charge in [0.05, 0.1) is 5.56 Å². The minimum Gasteiger partial charge on any atom is -0.508 e. The molecular weight excluding hydrogens is 260 g/mol. The van der Waals surface area contributed by atoms with Crippen LogP contribution in [-0.4, -0.2) is 30.8 Å². The predicted octanol–water partition coefficient (Wildman–Crippen LogP) is 1.38. The number of carboxylic acid groups (broad SMARTS) is 1. The molecular formula is C13H10N4O3. The maximum Gasteiger partial charge on any atom is 0.336 e. The molecule has 0 atom stereocenters. The van der Waals surface area contributed by atoms with Crippen molar-refractivity contribution in [1.29, 1.82) is 0 Å². The summed E-state index contributed by atoms with van der Waals surface area (Å²) in [6.07, 6.45) is 1.55. The Morgan fingerprint density at radius 3 is 2.60 bits per heavy atom. The smallest absolute Gasteiger partial charge is 0.336 e. The molecule has 7 nitrogen and oxygen atoms in total. The van der Waals surface area contributed by atoms with Crippen LogP contribution in [0.2, 0.25) is 0 Å². The Balaban J connectivity index is 2.28. The molecule has 0 bridgehead atoms. The average Bonchev–Trinajstić information content (AvgIpc) is 2.77. The third-order valence-electron chi connectivity index (χ3n) is 2.90. The fourth-order valence-electron chi connectivity index (χ4n) is 1.99. The number of nitrogens with zero attached hydrogens (tertiary/aromatic N) is 3. The molecule has 20 heavy (non-hydrogen) atoms. The van der Waals surface area contributed by atoms with Crippen LogP contribution >= 0.6 is 0 Å². The van der Waals surface area contributed by atoms with Crippen molar-refractivity contribution in [1.82, 2.24) is 14.6 Å². The van der Waals surface area contributed by atoms with Gasteiger partial charge in [0.1, 0.15) is 5.75 Å². The number of hydrogen-bond acceptors (Lipinski definition) is 5. The molecule has 0 aliphatic carbocycles. The Morgan fingerprint density at radius 1 is 1.25 bits per heavy atom. The van der Waals surface area contributed by atoms with Gasteiger partial charge in [-0.2, -0.15) is 4.98 Å². The van der Waals surface area contributed by atoms with Crippen LogP contribution < -0.4 is 5.73 Å². The number of aromatic nitrogens is 3. The van der Waals surface area contributed by atoms with Gasteiger partial charge in [0.2, 0.25) is 5.95 Å². The first-order valence-electron chi connectivity index (χ1n) is 5.73. The van der Waals surface area contributed by atoms with E-state index in [4.69, 9.17) is 5.73 Å². The van der Waals surface area contributed by atoms with E-state index in [0.717, 1.165) is 0 Å². The predicted molar refractivity (Wildman–Crippen MR) is 71.5 cm³/mol. The average molecular weight is 270 g/mol. The molecule has 0 aliphatic heterocycles. The zero-order valence-electron chi connectivity index (χ0n) is 10.2. The van der Waals surface area contributed by atoms with E-state index < -0.39 is 5.97 Å². The van der Waals surface area contributed by atoms with E-state index in [2.05, 4.69) is 10.1 Å². The van der Waals surface area contributed by atoms with E-state index in [-0.39, 0.29) is 17.3 Å². The number of nitrogens with two attached hydrogens (primary N) is 1. The van der Waals surface area contributed by atoms with Gasteiger partial charge in [-0.3, -0.25) is 0 Å². The molecule has 0 unspecified atom stereocenters. The van der Waals surface area contributed by atoms with Gasteiger partial charge in [0.15, 0.2) is 5.65 Å². The first kappa shape index (κ1) is 12.0. The third-order valence-corrected chi connectivity index (χ3v) is 2.90. The summed E-state index contributed by atoms with van der Waals surface area (Å²) in [4.78, 5) is 15.3. The number of benzene rings is 1. The monoisotopic (exact) mass is 270 g/mol. The zero-order chi connectivity index (χ0) is 14.3. The second-order valence-corrected chi connectivity index (χ2v) is 4.23. The van der Waals surface area contributed by atoms with Crippen molar-refractivity contribution in [2.45, 2.75) is 0 Å². The van der Waals surface area contributed by atoms with Gasteiger partial charge in [-0.1, -0.05) is 12.1 Å². The van der Waals surface area contributed by atoms with Crippen LogP contribution in [0.4, 0.5) is 5.95 Å². The van der Waals surface area contributed by atoms with Crippen molar-refractivity contribution in [3.05, 3.63) is 42.1 Å². The van der Waals surface area contributed by atoms with Crippen LogP contribution in [0.5, 0.6) is 5.75 Å². The Morgan fingerprint density at radius 2 is 1.95 bits per heavy atom. The Hall–Kier alpha value is -3.09. The number of hydrogen-bond donors (Lipinski definition) is 3. The molecule has 7 heteroatoms. The number of anilines is 1. The van der Waals surface area contributed by atoms with Gasteiger partial charge in [-0.15, -0.1) is 5.10 Å². The van der Waals surface area contributed by atoms with Gasteiger partial charge in [0.25, 0.3) is 0 Å². The summed E-state index contributed by atoms with van der Waals surface area (Å²) in [5.41, 5.74) is 7.08. The maximum absolute atomic E-state index is 11.4. The lowest BCUT2D eigenvalue weighted by Gasteiger charge is -2.07. The van der Waals surface area contributed by atoms with Crippen molar-refractivity contribution < 1.29 is 15.0 Å².